The predicted molar refractivity (Wildman–Crippen MR) is 77.5 cm³/mol. The van der Waals surface area contributed by atoms with Crippen molar-refractivity contribution >= 4 is 6.03 Å². The molecule has 0 saturated heterocycles. The Balaban J connectivity index is 4.53. The number of hydrogen-bond donors (Lipinski definition) is 3. The van der Waals surface area contributed by atoms with E-state index < -0.39 is 11.1 Å². The number of nitrogens with one attached hydrogen (secondary N) is 2. The maximum atomic E-state index is 12.0. The highest BCUT2D eigenvalue weighted by atomic mass is 16.2. The zero-order chi connectivity index (χ0) is 14.8. The van der Waals surface area contributed by atoms with Crippen LogP contribution in [-0.2, 0) is 0 Å². The van der Waals surface area contributed by atoms with E-state index in [-0.39, 0.29) is 11.6 Å². The molecule has 4 nitrogen and oxygen atoms in total. The smallest absolute Gasteiger partial charge is 0.315 e. The third kappa shape index (κ3) is 5.71. The van der Waals surface area contributed by atoms with Crippen LogP contribution >= 0.6 is 0 Å². The topological polar surface area (TPSA) is 67.2 Å². The fourth-order valence-electron chi connectivity index (χ4n) is 1.86. The van der Waals surface area contributed by atoms with Crippen molar-refractivity contribution in [3.8, 4) is 0 Å². The highest BCUT2D eigenvalue weighted by Gasteiger charge is 2.35. The summed E-state index contributed by atoms with van der Waals surface area (Å²) < 4.78 is 0. The van der Waals surface area contributed by atoms with Gasteiger partial charge in [-0.15, -0.1) is 0 Å². The molecule has 0 unspecified atom stereocenters. The van der Waals surface area contributed by atoms with E-state index in [1.807, 2.05) is 41.5 Å². The van der Waals surface area contributed by atoms with Crippen LogP contribution < -0.4 is 16.4 Å². The Morgan fingerprint density at radius 3 is 1.83 bits per heavy atom. The van der Waals surface area contributed by atoms with Crippen molar-refractivity contribution in [1.82, 2.24) is 10.6 Å². The summed E-state index contributed by atoms with van der Waals surface area (Å²) in [5.41, 5.74) is 4.90. The van der Waals surface area contributed by atoms with E-state index >= 15 is 0 Å². The summed E-state index contributed by atoms with van der Waals surface area (Å²) in [4.78, 5) is 12.0. The molecular formula is C14H31N3O. The van der Waals surface area contributed by atoms with Gasteiger partial charge in [-0.3, -0.25) is 0 Å². The van der Waals surface area contributed by atoms with Crippen molar-refractivity contribution in [2.75, 3.05) is 0 Å². The summed E-state index contributed by atoms with van der Waals surface area (Å²) in [5.74, 6) is 0.541. The van der Waals surface area contributed by atoms with Crippen LogP contribution in [0.4, 0.5) is 4.79 Å². The van der Waals surface area contributed by atoms with Gasteiger partial charge in [0.05, 0.1) is 5.54 Å². The molecule has 0 atom stereocenters. The first-order chi connectivity index (χ1) is 7.77. The number of rotatable bonds is 5. The van der Waals surface area contributed by atoms with E-state index in [0.29, 0.717) is 5.92 Å². The van der Waals surface area contributed by atoms with Crippen LogP contribution in [0.2, 0.25) is 0 Å². The first kappa shape index (κ1) is 17.2. The average Bonchev–Trinajstić information content (AvgIpc) is 1.94. The molecule has 2 amide bonds. The number of urea groups is 1. The number of carbonyl (C=O) groups excluding carboxylic acids is 1. The Morgan fingerprint density at radius 1 is 1.06 bits per heavy atom. The van der Waals surface area contributed by atoms with Gasteiger partial charge in [0, 0.05) is 11.1 Å². The number of nitrogens with two attached hydrogens (primary N) is 1. The van der Waals surface area contributed by atoms with Crippen molar-refractivity contribution in [1.29, 1.82) is 0 Å². The van der Waals surface area contributed by atoms with E-state index in [1.54, 1.807) is 0 Å². The highest BCUT2D eigenvalue weighted by molar-refractivity contribution is 5.75. The van der Waals surface area contributed by atoms with E-state index in [9.17, 15) is 4.79 Å². The number of hydrogen-bond acceptors (Lipinski definition) is 2. The lowest BCUT2D eigenvalue weighted by molar-refractivity contribution is 0.194. The third-order valence-electron chi connectivity index (χ3n) is 3.41. The number of amides is 2. The minimum absolute atomic E-state index is 0.163. The van der Waals surface area contributed by atoms with Crippen LogP contribution in [-0.4, -0.2) is 22.6 Å². The van der Waals surface area contributed by atoms with Crippen molar-refractivity contribution in [3.63, 3.8) is 0 Å². The van der Waals surface area contributed by atoms with Crippen LogP contribution in [0.25, 0.3) is 0 Å². The third-order valence-corrected chi connectivity index (χ3v) is 3.41. The van der Waals surface area contributed by atoms with Gasteiger partial charge in [-0.2, -0.15) is 0 Å². The Hall–Kier alpha value is -0.770. The number of carbonyl (C=O) groups is 1. The molecule has 0 spiro atoms. The van der Waals surface area contributed by atoms with Crippen molar-refractivity contribution in [2.45, 2.75) is 78.4 Å². The van der Waals surface area contributed by atoms with Crippen LogP contribution in [0.15, 0.2) is 0 Å². The minimum atomic E-state index is -0.480. The quantitative estimate of drug-likeness (QED) is 0.708. The van der Waals surface area contributed by atoms with Crippen LogP contribution in [0, 0.1) is 5.92 Å². The molecule has 0 aromatic carbocycles. The van der Waals surface area contributed by atoms with E-state index in [1.165, 1.54) is 0 Å². The van der Waals surface area contributed by atoms with Gasteiger partial charge in [0.25, 0.3) is 0 Å². The van der Waals surface area contributed by atoms with Gasteiger partial charge < -0.3 is 16.4 Å². The Morgan fingerprint density at radius 2 is 1.50 bits per heavy atom. The van der Waals surface area contributed by atoms with Gasteiger partial charge in [0.15, 0.2) is 0 Å². The molecule has 0 aromatic rings. The lowest BCUT2D eigenvalue weighted by atomic mass is 9.83. The second kappa shape index (κ2) is 5.47. The normalized spacial score (nSPS) is 13.7. The van der Waals surface area contributed by atoms with E-state index in [2.05, 4.69) is 24.5 Å². The highest BCUT2D eigenvalue weighted by Crippen LogP contribution is 2.19. The summed E-state index contributed by atoms with van der Waals surface area (Å²) >= 11 is 0. The van der Waals surface area contributed by atoms with Crippen LogP contribution in [0.5, 0.6) is 0 Å². The molecule has 0 bridgehead atoms. The molecule has 0 aliphatic heterocycles. The molecule has 108 valence electrons. The SMILES string of the molecule is CC(C)CC(C)(C)NC(=O)NC(C)(C)C(C)(C)N. The fraction of sp³-hybridized carbons (Fsp3) is 0.929. The van der Waals surface area contributed by atoms with Crippen molar-refractivity contribution in [2.24, 2.45) is 11.7 Å². The maximum Gasteiger partial charge on any atom is 0.315 e. The lowest BCUT2D eigenvalue weighted by Crippen LogP contribution is -2.65. The molecule has 18 heavy (non-hydrogen) atoms. The van der Waals surface area contributed by atoms with Gasteiger partial charge >= 0.3 is 6.03 Å². The fourth-order valence-corrected chi connectivity index (χ4v) is 1.86. The first-order valence-electron chi connectivity index (χ1n) is 6.66. The second-order valence-corrected chi connectivity index (χ2v) is 7.41. The predicted octanol–water partition coefficient (Wildman–Crippen LogP) is 2.63. The average molecular weight is 257 g/mol. The molecular weight excluding hydrogens is 226 g/mol. The largest absolute Gasteiger partial charge is 0.333 e. The molecule has 4 heteroatoms. The molecule has 0 aromatic heterocycles. The van der Waals surface area contributed by atoms with Crippen LogP contribution in [0.3, 0.4) is 0 Å². The Kier molecular flexibility index (Phi) is 5.24. The van der Waals surface area contributed by atoms with Gasteiger partial charge in [-0.1, -0.05) is 13.8 Å². The lowest BCUT2D eigenvalue weighted by Gasteiger charge is -2.40. The standard InChI is InChI=1S/C14H31N3O/c1-10(2)9-12(3,4)16-11(18)17-14(7,8)13(5,6)15/h10H,9,15H2,1-8H3,(H2,16,17,18). The van der Waals surface area contributed by atoms with E-state index in [0.717, 1.165) is 6.42 Å². The molecule has 0 saturated carbocycles. The molecule has 0 aliphatic rings. The molecule has 0 radical (unpaired) electrons. The van der Waals surface area contributed by atoms with Crippen molar-refractivity contribution in [3.05, 3.63) is 0 Å². The summed E-state index contributed by atoms with van der Waals surface area (Å²) in [6, 6.07) is -0.163. The first-order valence-corrected chi connectivity index (χ1v) is 6.66. The Labute approximate surface area is 112 Å². The van der Waals surface area contributed by atoms with Gasteiger partial charge in [0.2, 0.25) is 0 Å². The maximum absolute atomic E-state index is 12.0. The zero-order valence-corrected chi connectivity index (χ0v) is 13.3. The summed E-state index contributed by atoms with van der Waals surface area (Å²) in [5, 5.41) is 5.96. The van der Waals surface area contributed by atoms with Crippen molar-refractivity contribution < 1.29 is 4.79 Å². The summed E-state index contributed by atoms with van der Waals surface area (Å²) in [7, 11) is 0. The molecule has 0 heterocycles. The molecule has 0 aliphatic carbocycles. The second-order valence-electron chi connectivity index (χ2n) is 7.41. The summed E-state index contributed by atoms with van der Waals surface area (Å²) in [6.07, 6.45) is 0.937. The monoisotopic (exact) mass is 257 g/mol. The summed E-state index contributed by atoms with van der Waals surface area (Å²) in [6.45, 7) is 16.0. The van der Waals surface area contributed by atoms with E-state index in [4.69, 9.17) is 5.73 Å². The molecule has 0 rings (SSSR count). The minimum Gasteiger partial charge on any atom is -0.333 e. The molecule has 0 fully saturated rings. The zero-order valence-electron chi connectivity index (χ0n) is 13.3. The van der Waals surface area contributed by atoms with Gasteiger partial charge in [-0.05, 0) is 53.9 Å². The molecule has 4 N–H and O–H groups in total. The van der Waals surface area contributed by atoms with Gasteiger partial charge in [-0.25, -0.2) is 4.79 Å². The van der Waals surface area contributed by atoms with Crippen LogP contribution in [0.1, 0.15) is 61.8 Å². The van der Waals surface area contributed by atoms with Gasteiger partial charge in [0.1, 0.15) is 0 Å². The Bertz CT molecular complexity index is 288.